The predicted molar refractivity (Wildman–Crippen MR) is 131 cm³/mol. The summed E-state index contributed by atoms with van der Waals surface area (Å²) in [5.41, 5.74) is 0.729. The standard InChI is InChI=1S/C24H29ClFN3O4S/c1-3-16(2)27-24(31)18-7-4-5-10-22(18)28-23(30)17-11-13-29(14-12-17)34(32,33)15-19-20(25)8-6-9-21(19)26/h4-10,16-17H,3,11-15H2,1-2H3,(H,27,31)(H,28,30)/t16-/m1/s1. The molecule has 0 aromatic heterocycles. The highest BCUT2D eigenvalue weighted by atomic mass is 35.5. The zero-order valence-corrected chi connectivity index (χ0v) is 20.8. The van der Waals surface area contributed by atoms with E-state index in [2.05, 4.69) is 10.6 Å². The molecule has 2 amide bonds. The van der Waals surface area contributed by atoms with Gasteiger partial charge < -0.3 is 10.6 Å². The Kier molecular flexibility index (Phi) is 8.67. The molecule has 1 aliphatic heterocycles. The van der Waals surface area contributed by atoms with E-state index in [9.17, 15) is 22.4 Å². The van der Waals surface area contributed by atoms with Gasteiger partial charge in [-0.1, -0.05) is 36.7 Å². The normalized spacial score (nSPS) is 16.1. The van der Waals surface area contributed by atoms with Crippen LogP contribution in [0.3, 0.4) is 0 Å². The molecule has 1 aliphatic rings. The third kappa shape index (κ3) is 6.34. The monoisotopic (exact) mass is 509 g/mol. The summed E-state index contributed by atoms with van der Waals surface area (Å²) in [7, 11) is -3.80. The zero-order chi connectivity index (χ0) is 24.9. The molecule has 2 N–H and O–H groups in total. The van der Waals surface area contributed by atoms with Crippen molar-refractivity contribution in [2.24, 2.45) is 5.92 Å². The van der Waals surface area contributed by atoms with E-state index < -0.39 is 27.5 Å². The van der Waals surface area contributed by atoms with Gasteiger partial charge in [0.2, 0.25) is 15.9 Å². The van der Waals surface area contributed by atoms with E-state index in [-0.39, 0.29) is 41.5 Å². The van der Waals surface area contributed by atoms with Crippen molar-refractivity contribution < 1.29 is 22.4 Å². The number of piperidine rings is 1. The summed E-state index contributed by atoms with van der Waals surface area (Å²) in [5.74, 6) is -2.14. The maximum atomic E-state index is 14.1. The lowest BCUT2D eigenvalue weighted by molar-refractivity contribution is -0.120. The minimum Gasteiger partial charge on any atom is -0.350 e. The van der Waals surface area contributed by atoms with Crippen LogP contribution in [0.2, 0.25) is 5.02 Å². The first-order chi connectivity index (χ1) is 16.1. The maximum absolute atomic E-state index is 14.1. The van der Waals surface area contributed by atoms with Crippen LogP contribution < -0.4 is 10.6 Å². The first kappa shape index (κ1) is 26.1. The van der Waals surface area contributed by atoms with Gasteiger partial charge in [-0.2, -0.15) is 0 Å². The molecule has 0 unspecified atom stereocenters. The molecule has 1 fully saturated rings. The van der Waals surface area contributed by atoms with E-state index in [0.717, 1.165) is 6.42 Å². The molecule has 184 valence electrons. The van der Waals surface area contributed by atoms with Crippen LogP contribution in [0, 0.1) is 11.7 Å². The number of hydrogen-bond acceptors (Lipinski definition) is 4. The number of para-hydroxylation sites is 1. The number of sulfonamides is 1. The Morgan fingerprint density at radius 1 is 1.15 bits per heavy atom. The first-order valence-electron chi connectivity index (χ1n) is 11.2. The first-order valence-corrected chi connectivity index (χ1v) is 13.2. The van der Waals surface area contributed by atoms with Gasteiger partial charge in [0.05, 0.1) is 17.0 Å². The fraction of sp³-hybridized carbons (Fsp3) is 0.417. The van der Waals surface area contributed by atoms with Gasteiger partial charge in [0.1, 0.15) is 5.82 Å². The Labute approximate surface area is 204 Å². The number of rotatable bonds is 8. The van der Waals surface area contributed by atoms with Crippen LogP contribution in [-0.4, -0.2) is 43.7 Å². The molecule has 34 heavy (non-hydrogen) atoms. The van der Waals surface area contributed by atoms with Gasteiger partial charge in [0, 0.05) is 35.6 Å². The van der Waals surface area contributed by atoms with Crippen LogP contribution in [0.25, 0.3) is 0 Å². The fourth-order valence-corrected chi connectivity index (χ4v) is 5.69. The second-order valence-electron chi connectivity index (χ2n) is 8.45. The topological polar surface area (TPSA) is 95.6 Å². The van der Waals surface area contributed by atoms with E-state index in [4.69, 9.17) is 11.6 Å². The van der Waals surface area contributed by atoms with Gasteiger partial charge in [-0.15, -0.1) is 0 Å². The quantitative estimate of drug-likeness (QED) is 0.557. The predicted octanol–water partition coefficient (Wildman–Crippen LogP) is 4.19. The highest BCUT2D eigenvalue weighted by Crippen LogP contribution is 2.27. The third-order valence-corrected chi connectivity index (χ3v) is 8.19. The molecule has 2 aromatic rings. The third-order valence-electron chi connectivity index (χ3n) is 6.03. The summed E-state index contributed by atoms with van der Waals surface area (Å²) in [6, 6.07) is 10.8. The molecule has 7 nitrogen and oxygen atoms in total. The number of halogens is 2. The molecule has 1 saturated heterocycles. The van der Waals surface area contributed by atoms with E-state index in [1.165, 1.54) is 22.5 Å². The van der Waals surface area contributed by atoms with Gasteiger partial charge in [0.15, 0.2) is 0 Å². The summed E-state index contributed by atoms with van der Waals surface area (Å²) in [6.45, 7) is 4.16. The van der Waals surface area contributed by atoms with Gasteiger partial charge in [-0.25, -0.2) is 17.1 Å². The van der Waals surface area contributed by atoms with Crippen LogP contribution in [-0.2, 0) is 20.6 Å². The van der Waals surface area contributed by atoms with Crippen molar-refractivity contribution in [1.82, 2.24) is 9.62 Å². The molecular formula is C24H29ClFN3O4S. The average Bonchev–Trinajstić information content (AvgIpc) is 2.81. The molecule has 3 rings (SSSR count). The molecule has 0 aliphatic carbocycles. The lowest BCUT2D eigenvalue weighted by atomic mass is 9.97. The summed E-state index contributed by atoms with van der Waals surface area (Å²) in [4.78, 5) is 25.5. The Bertz CT molecular complexity index is 1130. The van der Waals surface area contributed by atoms with Crippen molar-refractivity contribution >= 4 is 39.1 Å². The van der Waals surface area contributed by atoms with E-state index in [1.54, 1.807) is 24.3 Å². The summed E-state index contributed by atoms with van der Waals surface area (Å²) >= 11 is 5.98. The number of anilines is 1. The second-order valence-corrected chi connectivity index (χ2v) is 10.8. The van der Waals surface area contributed by atoms with Gasteiger partial charge in [-0.05, 0) is 50.5 Å². The van der Waals surface area contributed by atoms with Crippen molar-refractivity contribution in [3.63, 3.8) is 0 Å². The Morgan fingerprint density at radius 3 is 2.47 bits per heavy atom. The molecule has 0 radical (unpaired) electrons. The zero-order valence-electron chi connectivity index (χ0n) is 19.2. The Morgan fingerprint density at radius 2 is 1.82 bits per heavy atom. The lowest BCUT2D eigenvalue weighted by Gasteiger charge is -2.30. The molecule has 1 atom stereocenters. The average molecular weight is 510 g/mol. The molecule has 0 saturated carbocycles. The minimum atomic E-state index is -3.80. The van der Waals surface area contributed by atoms with Crippen molar-refractivity contribution in [1.29, 1.82) is 0 Å². The minimum absolute atomic E-state index is 0.00164. The van der Waals surface area contributed by atoms with Gasteiger partial charge in [-0.3, -0.25) is 9.59 Å². The summed E-state index contributed by atoms with van der Waals surface area (Å²) in [5, 5.41) is 5.78. The number of benzene rings is 2. The molecular weight excluding hydrogens is 481 g/mol. The summed E-state index contributed by atoms with van der Waals surface area (Å²) in [6.07, 6.45) is 1.42. The highest BCUT2D eigenvalue weighted by molar-refractivity contribution is 7.88. The number of carbonyl (C=O) groups excluding carboxylic acids is 2. The van der Waals surface area contributed by atoms with Crippen molar-refractivity contribution in [2.45, 2.75) is 44.9 Å². The van der Waals surface area contributed by atoms with E-state index >= 15 is 0 Å². The summed E-state index contributed by atoms with van der Waals surface area (Å²) < 4.78 is 41.0. The molecule has 10 heteroatoms. The second kappa shape index (κ2) is 11.3. The number of amides is 2. The number of carbonyl (C=O) groups is 2. The number of nitrogens with zero attached hydrogens (tertiary/aromatic N) is 1. The van der Waals surface area contributed by atoms with E-state index in [1.807, 2.05) is 13.8 Å². The molecule has 0 bridgehead atoms. The SMILES string of the molecule is CC[C@@H](C)NC(=O)c1ccccc1NC(=O)C1CCN(S(=O)(=O)Cc2c(F)cccc2Cl)CC1. The molecule has 2 aromatic carbocycles. The molecule has 1 heterocycles. The molecule has 0 spiro atoms. The number of hydrogen-bond donors (Lipinski definition) is 2. The largest absolute Gasteiger partial charge is 0.350 e. The van der Waals surface area contributed by atoms with Gasteiger partial charge >= 0.3 is 0 Å². The van der Waals surface area contributed by atoms with Crippen LogP contribution in [0.15, 0.2) is 42.5 Å². The van der Waals surface area contributed by atoms with Crippen molar-refractivity contribution in [2.75, 3.05) is 18.4 Å². The Hall–Kier alpha value is -2.49. The van der Waals surface area contributed by atoms with Crippen LogP contribution in [0.5, 0.6) is 0 Å². The smallest absolute Gasteiger partial charge is 0.253 e. The van der Waals surface area contributed by atoms with Crippen LogP contribution in [0.1, 0.15) is 49.0 Å². The van der Waals surface area contributed by atoms with E-state index in [0.29, 0.717) is 24.1 Å². The fourth-order valence-electron chi connectivity index (χ4n) is 3.77. The Balaban J connectivity index is 1.62. The van der Waals surface area contributed by atoms with Crippen molar-refractivity contribution in [3.05, 3.63) is 64.4 Å². The van der Waals surface area contributed by atoms with Crippen molar-refractivity contribution in [3.8, 4) is 0 Å². The van der Waals surface area contributed by atoms with Crippen LogP contribution in [0.4, 0.5) is 10.1 Å². The maximum Gasteiger partial charge on any atom is 0.253 e. The van der Waals surface area contributed by atoms with Crippen LogP contribution >= 0.6 is 11.6 Å². The highest BCUT2D eigenvalue weighted by Gasteiger charge is 2.32. The van der Waals surface area contributed by atoms with Gasteiger partial charge in [0.25, 0.3) is 5.91 Å². The number of nitrogens with one attached hydrogen (secondary N) is 2. The lowest BCUT2D eigenvalue weighted by Crippen LogP contribution is -2.42.